The van der Waals surface area contributed by atoms with E-state index in [1.54, 1.807) is 22.4 Å². The van der Waals surface area contributed by atoms with Crippen molar-refractivity contribution in [1.82, 2.24) is 9.55 Å². The topological polar surface area (TPSA) is 64.0 Å². The molecule has 0 aliphatic heterocycles. The molecule has 5 aromatic rings. The minimum absolute atomic E-state index is 0.110. The number of nitrogens with zero attached hydrogens (tertiary/aromatic N) is 2. The summed E-state index contributed by atoms with van der Waals surface area (Å²) in [7, 11) is 0. The maximum atomic E-state index is 13.5. The molecule has 0 fully saturated rings. The molecule has 0 aliphatic carbocycles. The predicted molar refractivity (Wildman–Crippen MR) is 158 cm³/mol. The standard InChI is InChI=1S/C31H27N3O2S2/c1-21(2)22-16-18-23(19-17-22)34-30(36)25-12-6-7-13-26(25)33-31(34)37-20-29(35)32-27-14-8-9-15-28(27)38-24-10-4-3-5-11-24/h3-19,21H,20H2,1-2H3,(H,32,35). The van der Waals surface area contributed by atoms with Gasteiger partial charge in [0.15, 0.2) is 5.16 Å². The van der Waals surface area contributed by atoms with E-state index in [-0.39, 0.29) is 17.2 Å². The first-order valence-electron chi connectivity index (χ1n) is 12.4. The van der Waals surface area contributed by atoms with E-state index in [9.17, 15) is 9.59 Å². The number of rotatable bonds is 8. The fourth-order valence-corrected chi connectivity index (χ4v) is 5.77. The van der Waals surface area contributed by atoms with Crippen molar-refractivity contribution in [3.63, 3.8) is 0 Å². The van der Waals surface area contributed by atoms with E-state index in [0.717, 1.165) is 21.2 Å². The number of hydrogen-bond acceptors (Lipinski definition) is 5. The number of carbonyl (C=O) groups is 1. The van der Waals surface area contributed by atoms with Crippen LogP contribution in [0.5, 0.6) is 0 Å². The Morgan fingerprint density at radius 2 is 1.55 bits per heavy atom. The molecule has 0 bridgehead atoms. The molecule has 5 nitrogen and oxygen atoms in total. The maximum Gasteiger partial charge on any atom is 0.266 e. The molecule has 190 valence electrons. The molecule has 4 aromatic carbocycles. The number of benzene rings is 4. The van der Waals surface area contributed by atoms with Gasteiger partial charge < -0.3 is 5.32 Å². The average molecular weight is 538 g/mol. The highest BCUT2D eigenvalue weighted by atomic mass is 32.2. The molecular weight excluding hydrogens is 510 g/mol. The first-order chi connectivity index (χ1) is 18.5. The summed E-state index contributed by atoms with van der Waals surface area (Å²) in [5.74, 6) is 0.329. The summed E-state index contributed by atoms with van der Waals surface area (Å²) >= 11 is 2.85. The Balaban J connectivity index is 1.40. The molecule has 0 spiro atoms. The third-order valence-corrected chi connectivity index (χ3v) is 8.05. The first kappa shape index (κ1) is 25.8. The highest BCUT2D eigenvalue weighted by molar-refractivity contribution is 8.00. The van der Waals surface area contributed by atoms with Crippen LogP contribution in [0, 0.1) is 0 Å². The molecule has 7 heteroatoms. The number of thioether (sulfide) groups is 1. The van der Waals surface area contributed by atoms with Gasteiger partial charge in [0.2, 0.25) is 5.91 Å². The van der Waals surface area contributed by atoms with Crippen LogP contribution in [0.2, 0.25) is 0 Å². The monoisotopic (exact) mass is 537 g/mol. The van der Waals surface area contributed by atoms with Crippen LogP contribution in [0.25, 0.3) is 16.6 Å². The number of para-hydroxylation sites is 2. The van der Waals surface area contributed by atoms with E-state index in [0.29, 0.717) is 22.0 Å². The lowest BCUT2D eigenvalue weighted by Crippen LogP contribution is -2.23. The van der Waals surface area contributed by atoms with Crippen LogP contribution >= 0.6 is 23.5 Å². The minimum Gasteiger partial charge on any atom is -0.324 e. The predicted octanol–water partition coefficient (Wildman–Crippen LogP) is 7.39. The van der Waals surface area contributed by atoms with E-state index < -0.39 is 0 Å². The molecule has 0 unspecified atom stereocenters. The zero-order valence-electron chi connectivity index (χ0n) is 21.1. The first-order valence-corrected chi connectivity index (χ1v) is 14.2. The summed E-state index contributed by atoms with van der Waals surface area (Å²) in [4.78, 5) is 33.4. The number of fused-ring (bicyclic) bond motifs is 1. The second kappa shape index (κ2) is 11.7. The van der Waals surface area contributed by atoms with Crippen LogP contribution in [0.1, 0.15) is 25.3 Å². The number of nitrogens with one attached hydrogen (secondary N) is 1. The largest absolute Gasteiger partial charge is 0.324 e. The summed E-state index contributed by atoms with van der Waals surface area (Å²) in [6, 6.07) is 33.0. The third kappa shape index (κ3) is 5.85. The summed E-state index contributed by atoms with van der Waals surface area (Å²) < 4.78 is 1.60. The number of aromatic nitrogens is 2. The fraction of sp³-hybridized carbons (Fsp3) is 0.129. The van der Waals surface area contributed by atoms with Gasteiger partial charge in [-0.2, -0.15) is 0 Å². The van der Waals surface area contributed by atoms with Crippen molar-refractivity contribution in [2.75, 3.05) is 11.1 Å². The minimum atomic E-state index is -0.166. The third-order valence-electron chi connectivity index (χ3n) is 6.03. The molecule has 1 N–H and O–H groups in total. The smallest absolute Gasteiger partial charge is 0.266 e. The molecule has 0 saturated heterocycles. The Kier molecular flexibility index (Phi) is 7.96. The van der Waals surface area contributed by atoms with Crippen molar-refractivity contribution in [2.24, 2.45) is 0 Å². The normalized spacial score (nSPS) is 11.1. The quantitative estimate of drug-likeness (QED) is 0.165. The van der Waals surface area contributed by atoms with Crippen LogP contribution < -0.4 is 10.9 Å². The van der Waals surface area contributed by atoms with Crippen molar-refractivity contribution in [3.05, 3.63) is 119 Å². The van der Waals surface area contributed by atoms with Gasteiger partial charge in [-0.1, -0.05) is 92.0 Å². The van der Waals surface area contributed by atoms with Crippen molar-refractivity contribution >= 4 is 46.0 Å². The Bertz CT molecular complexity index is 1630. The van der Waals surface area contributed by atoms with Gasteiger partial charge in [-0.25, -0.2) is 4.98 Å². The van der Waals surface area contributed by atoms with Crippen LogP contribution in [0.4, 0.5) is 5.69 Å². The molecule has 1 heterocycles. The van der Waals surface area contributed by atoms with Crippen LogP contribution in [0.3, 0.4) is 0 Å². The number of anilines is 1. The number of hydrogen-bond donors (Lipinski definition) is 1. The molecule has 0 radical (unpaired) electrons. The zero-order chi connectivity index (χ0) is 26.5. The molecule has 5 rings (SSSR count). The second-order valence-corrected chi connectivity index (χ2v) is 11.1. The van der Waals surface area contributed by atoms with Crippen LogP contribution in [0.15, 0.2) is 123 Å². The van der Waals surface area contributed by atoms with Gasteiger partial charge in [0.25, 0.3) is 5.56 Å². The summed E-state index contributed by atoms with van der Waals surface area (Å²) in [5, 5.41) is 4.06. The molecule has 0 atom stereocenters. The molecule has 0 aliphatic rings. The van der Waals surface area contributed by atoms with Gasteiger partial charge >= 0.3 is 0 Å². The molecular formula is C31H27N3O2S2. The highest BCUT2D eigenvalue weighted by Gasteiger charge is 2.16. The van der Waals surface area contributed by atoms with Gasteiger partial charge in [0, 0.05) is 9.79 Å². The van der Waals surface area contributed by atoms with E-state index >= 15 is 0 Å². The van der Waals surface area contributed by atoms with Gasteiger partial charge in [0.1, 0.15) is 0 Å². The Morgan fingerprint density at radius 3 is 2.32 bits per heavy atom. The van der Waals surface area contributed by atoms with Gasteiger partial charge in [-0.05, 0) is 60.0 Å². The van der Waals surface area contributed by atoms with E-state index in [2.05, 4.69) is 19.2 Å². The summed E-state index contributed by atoms with van der Waals surface area (Å²) in [5.41, 5.74) is 3.13. The number of amides is 1. The summed E-state index contributed by atoms with van der Waals surface area (Å²) in [6.45, 7) is 4.27. The average Bonchev–Trinajstić information content (AvgIpc) is 2.94. The zero-order valence-corrected chi connectivity index (χ0v) is 22.8. The molecule has 38 heavy (non-hydrogen) atoms. The van der Waals surface area contributed by atoms with Crippen molar-refractivity contribution < 1.29 is 4.79 Å². The molecule has 1 amide bonds. The Hall–Kier alpha value is -3.81. The fourth-order valence-electron chi connectivity index (χ4n) is 4.04. The Morgan fingerprint density at radius 1 is 0.868 bits per heavy atom. The summed E-state index contributed by atoms with van der Waals surface area (Å²) in [6.07, 6.45) is 0. The van der Waals surface area contributed by atoms with Gasteiger partial charge in [-0.3, -0.25) is 14.2 Å². The SMILES string of the molecule is CC(C)c1ccc(-n2c(SCC(=O)Nc3ccccc3Sc3ccccc3)nc3ccccc3c2=O)cc1. The van der Waals surface area contributed by atoms with Crippen molar-refractivity contribution in [2.45, 2.75) is 34.7 Å². The van der Waals surface area contributed by atoms with Crippen LogP contribution in [-0.2, 0) is 4.79 Å². The van der Waals surface area contributed by atoms with Crippen molar-refractivity contribution in [3.8, 4) is 5.69 Å². The molecule has 1 aromatic heterocycles. The highest BCUT2D eigenvalue weighted by Crippen LogP contribution is 2.33. The maximum absolute atomic E-state index is 13.5. The van der Waals surface area contributed by atoms with E-state index in [4.69, 9.17) is 4.98 Å². The van der Waals surface area contributed by atoms with Gasteiger partial charge in [0.05, 0.1) is 28.0 Å². The van der Waals surface area contributed by atoms with Crippen LogP contribution in [-0.4, -0.2) is 21.2 Å². The molecule has 0 saturated carbocycles. The lowest BCUT2D eigenvalue weighted by molar-refractivity contribution is -0.113. The lowest BCUT2D eigenvalue weighted by Gasteiger charge is -2.15. The van der Waals surface area contributed by atoms with E-state index in [1.165, 1.54) is 17.3 Å². The second-order valence-electron chi connectivity index (χ2n) is 9.05. The van der Waals surface area contributed by atoms with Gasteiger partial charge in [-0.15, -0.1) is 0 Å². The lowest BCUT2D eigenvalue weighted by atomic mass is 10.0. The number of carbonyl (C=O) groups excluding carboxylic acids is 1. The van der Waals surface area contributed by atoms with Crippen molar-refractivity contribution in [1.29, 1.82) is 0 Å². The van der Waals surface area contributed by atoms with E-state index in [1.807, 2.05) is 97.1 Å². The Labute approximate surface area is 230 Å².